The Morgan fingerprint density at radius 3 is 2.85 bits per heavy atom. The summed E-state index contributed by atoms with van der Waals surface area (Å²) in [6.45, 7) is 7.80. The molecule has 2 aromatic heterocycles. The Balaban J connectivity index is 2.19. The summed E-state index contributed by atoms with van der Waals surface area (Å²) < 4.78 is 1.50. The number of benzene rings is 1. The minimum absolute atomic E-state index is 0.159. The highest BCUT2D eigenvalue weighted by Gasteiger charge is 2.19. The third-order valence-corrected chi connectivity index (χ3v) is 6.23. The third-order valence-electron chi connectivity index (χ3n) is 4.06. The average molecular weight is 398 g/mol. The molecule has 0 saturated carbocycles. The number of aromatic nitrogens is 2. The lowest BCUT2D eigenvalue weighted by molar-refractivity contribution is -0.384. The van der Waals surface area contributed by atoms with Gasteiger partial charge in [-0.25, -0.2) is 4.98 Å². The van der Waals surface area contributed by atoms with Crippen LogP contribution in [-0.2, 0) is 6.54 Å². The Bertz CT molecular complexity index is 1190. The van der Waals surface area contributed by atoms with Crippen molar-refractivity contribution in [2.75, 3.05) is 0 Å². The molecule has 0 N–H and O–H groups in total. The molecule has 0 aliphatic rings. The Morgan fingerprint density at radius 2 is 2.22 bits per heavy atom. The van der Waals surface area contributed by atoms with Crippen LogP contribution in [0.2, 0.25) is 0 Å². The molecule has 0 unspecified atom stereocenters. The summed E-state index contributed by atoms with van der Waals surface area (Å²) in [5, 5.41) is 21.3. The van der Waals surface area contributed by atoms with Crippen molar-refractivity contribution in [1.29, 1.82) is 5.26 Å². The van der Waals surface area contributed by atoms with Crippen LogP contribution in [0.15, 0.2) is 45.7 Å². The fourth-order valence-electron chi connectivity index (χ4n) is 2.58. The van der Waals surface area contributed by atoms with Crippen LogP contribution >= 0.6 is 23.1 Å². The normalized spacial score (nSPS) is 10.7. The summed E-state index contributed by atoms with van der Waals surface area (Å²) in [5.41, 5.74) is 0.749. The summed E-state index contributed by atoms with van der Waals surface area (Å²) in [6.07, 6.45) is 1.61. The first-order valence-corrected chi connectivity index (χ1v) is 9.48. The molecular formula is C18H14N4O3S2. The van der Waals surface area contributed by atoms with E-state index < -0.39 is 4.92 Å². The Morgan fingerprint density at radius 1 is 1.48 bits per heavy atom. The number of hydrogen-bond donors (Lipinski definition) is 0. The van der Waals surface area contributed by atoms with Crippen LogP contribution < -0.4 is 5.56 Å². The summed E-state index contributed by atoms with van der Waals surface area (Å²) in [7, 11) is 0. The molecule has 0 bridgehead atoms. The Kier molecular flexibility index (Phi) is 5.12. The maximum absolute atomic E-state index is 13.0. The van der Waals surface area contributed by atoms with Crippen molar-refractivity contribution in [2.45, 2.75) is 30.4 Å². The fourth-order valence-corrected chi connectivity index (χ4v) is 4.61. The average Bonchev–Trinajstić information content (AvgIpc) is 2.92. The lowest BCUT2D eigenvalue weighted by atomic mass is 10.2. The quantitative estimate of drug-likeness (QED) is 0.276. The van der Waals surface area contributed by atoms with Crippen molar-refractivity contribution in [2.24, 2.45) is 0 Å². The minimum Gasteiger partial charge on any atom is -0.283 e. The van der Waals surface area contributed by atoms with Gasteiger partial charge in [0.2, 0.25) is 0 Å². The second kappa shape index (κ2) is 7.34. The van der Waals surface area contributed by atoms with Gasteiger partial charge in [-0.15, -0.1) is 17.9 Å². The SMILES string of the molecule is C=CCn1c(Sc2ccc([N+](=O)[O-])cc2C#N)nc2sc(C)c(C)c2c1=O. The van der Waals surface area contributed by atoms with E-state index in [0.717, 1.165) is 22.2 Å². The number of nitro benzene ring substituents is 1. The molecule has 3 rings (SSSR count). The molecular weight excluding hydrogens is 384 g/mol. The maximum Gasteiger partial charge on any atom is 0.270 e. The van der Waals surface area contributed by atoms with Crippen LogP contribution in [0.1, 0.15) is 16.0 Å². The second-order valence-electron chi connectivity index (χ2n) is 5.71. The van der Waals surface area contributed by atoms with E-state index in [0.29, 0.717) is 20.3 Å². The molecule has 0 aliphatic carbocycles. The first-order chi connectivity index (χ1) is 12.9. The first-order valence-electron chi connectivity index (χ1n) is 7.85. The molecule has 27 heavy (non-hydrogen) atoms. The predicted octanol–water partition coefficient (Wildman–Crippen LogP) is 4.19. The summed E-state index contributed by atoms with van der Waals surface area (Å²) in [5.74, 6) is 0. The fraction of sp³-hybridized carbons (Fsp3) is 0.167. The van der Waals surface area contributed by atoms with Gasteiger partial charge in [-0.1, -0.05) is 17.8 Å². The number of non-ortho nitro benzene ring substituents is 1. The van der Waals surface area contributed by atoms with Crippen molar-refractivity contribution in [3.8, 4) is 6.07 Å². The van der Waals surface area contributed by atoms with Crippen LogP contribution in [0.3, 0.4) is 0 Å². The molecule has 9 heteroatoms. The van der Waals surface area contributed by atoms with E-state index in [-0.39, 0.29) is 23.4 Å². The van der Waals surface area contributed by atoms with Gasteiger partial charge in [-0.2, -0.15) is 5.26 Å². The van der Waals surface area contributed by atoms with E-state index in [1.54, 1.807) is 6.08 Å². The van der Waals surface area contributed by atoms with Gasteiger partial charge in [0.15, 0.2) is 5.16 Å². The molecule has 0 saturated heterocycles. The zero-order valence-corrected chi connectivity index (χ0v) is 16.2. The highest BCUT2D eigenvalue weighted by Crippen LogP contribution is 2.33. The molecule has 0 fully saturated rings. The van der Waals surface area contributed by atoms with E-state index in [9.17, 15) is 20.2 Å². The van der Waals surface area contributed by atoms with Gasteiger partial charge in [-0.3, -0.25) is 19.5 Å². The molecule has 7 nitrogen and oxygen atoms in total. The van der Waals surface area contributed by atoms with Gasteiger partial charge in [0.05, 0.1) is 15.9 Å². The molecule has 0 atom stereocenters. The van der Waals surface area contributed by atoms with Crippen LogP contribution in [0.4, 0.5) is 5.69 Å². The van der Waals surface area contributed by atoms with E-state index in [1.807, 2.05) is 19.9 Å². The van der Waals surface area contributed by atoms with Crippen molar-refractivity contribution in [1.82, 2.24) is 9.55 Å². The number of allylic oxidation sites excluding steroid dienone is 1. The Labute approximate surface area is 162 Å². The molecule has 2 heterocycles. The molecule has 0 radical (unpaired) electrons. The van der Waals surface area contributed by atoms with Gasteiger partial charge < -0.3 is 0 Å². The summed E-state index contributed by atoms with van der Waals surface area (Å²) in [4.78, 5) is 30.1. The number of aryl methyl sites for hydroxylation is 2. The monoisotopic (exact) mass is 398 g/mol. The molecule has 3 aromatic rings. The van der Waals surface area contributed by atoms with Gasteiger partial charge in [0.1, 0.15) is 10.9 Å². The van der Waals surface area contributed by atoms with Crippen molar-refractivity contribution in [3.63, 3.8) is 0 Å². The predicted molar refractivity (Wildman–Crippen MR) is 105 cm³/mol. The number of thiophene rings is 1. The van der Waals surface area contributed by atoms with Crippen LogP contribution in [0.5, 0.6) is 0 Å². The van der Waals surface area contributed by atoms with Crippen molar-refractivity contribution in [3.05, 3.63) is 67.3 Å². The van der Waals surface area contributed by atoms with Crippen molar-refractivity contribution >= 4 is 39.0 Å². The molecule has 136 valence electrons. The van der Waals surface area contributed by atoms with Crippen LogP contribution in [-0.4, -0.2) is 14.5 Å². The highest BCUT2D eigenvalue weighted by molar-refractivity contribution is 7.99. The number of nitro groups is 1. The van der Waals surface area contributed by atoms with Crippen molar-refractivity contribution < 1.29 is 4.92 Å². The largest absolute Gasteiger partial charge is 0.283 e. The second-order valence-corrected chi connectivity index (χ2v) is 7.93. The van der Waals surface area contributed by atoms with Gasteiger partial charge >= 0.3 is 0 Å². The summed E-state index contributed by atoms with van der Waals surface area (Å²) >= 11 is 2.58. The van der Waals surface area contributed by atoms with E-state index >= 15 is 0 Å². The van der Waals surface area contributed by atoms with Gasteiger partial charge in [-0.05, 0) is 25.5 Å². The number of nitriles is 1. The molecule has 0 aliphatic heterocycles. The smallest absolute Gasteiger partial charge is 0.270 e. The first kappa shape index (κ1) is 18.8. The standard InChI is InChI=1S/C18H14N4O3S2/c1-4-7-21-17(23)15-10(2)11(3)26-16(15)20-18(21)27-14-6-5-13(22(24)25)8-12(14)9-19/h4-6,8H,1,7H2,2-3H3. The Hall–Kier alpha value is -2.96. The number of rotatable bonds is 5. The molecule has 1 aromatic carbocycles. The number of fused-ring (bicyclic) bond motifs is 1. The maximum atomic E-state index is 13.0. The van der Waals surface area contributed by atoms with Gasteiger partial charge in [0, 0.05) is 28.5 Å². The van der Waals surface area contributed by atoms with Crippen LogP contribution in [0.25, 0.3) is 10.2 Å². The third kappa shape index (κ3) is 3.37. The lowest BCUT2D eigenvalue weighted by Crippen LogP contribution is -2.22. The van der Waals surface area contributed by atoms with E-state index in [4.69, 9.17) is 0 Å². The number of hydrogen-bond acceptors (Lipinski definition) is 7. The minimum atomic E-state index is -0.551. The zero-order valence-electron chi connectivity index (χ0n) is 14.6. The number of nitrogens with zero attached hydrogens (tertiary/aromatic N) is 4. The molecule has 0 amide bonds. The lowest BCUT2D eigenvalue weighted by Gasteiger charge is -2.11. The highest BCUT2D eigenvalue weighted by atomic mass is 32.2. The molecule has 0 spiro atoms. The van der Waals surface area contributed by atoms with Gasteiger partial charge in [0.25, 0.3) is 11.2 Å². The van der Waals surface area contributed by atoms with Crippen LogP contribution in [0, 0.1) is 35.3 Å². The topological polar surface area (TPSA) is 102 Å². The van der Waals surface area contributed by atoms with E-state index in [2.05, 4.69) is 11.6 Å². The zero-order chi connectivity index (χ0) is 19.7. The van der Waals surface area contributed by atoms with E-state index in [1.165, 1.54) is 34.1 Å². The summed E-state index contributed by atoms with van der Waals surface area (Å²) in [6, 6.07) is 6.02.